The van der Waals surface area contributed by atoms with E-state index in [1.54, 1.807) is 0 Å². The highest BCUT2D eigenvalue weighted by atomic mass is 14.9. The van der Waals surface area contributed by atoms with Crippen LogP contribution in [-0.4, -0.2) is 5.54 Å². The highest BCUT2D eigenvalue weighted by Gasteiger charge is 2.54. The maximum atomic E-state index is 6.45. The predicted octanol–water partition coefficient (Wildman–Crippen LogP) is 3.97. The molecule has 94 valence electrons. The van der Waals surface area contributed by atoms with Gasteiger partial charge in [-0.3, -0.25) is 0 Å². The van der Waals surface area contributed by atoms with E-state index in [1.165, 1.54) is 38.5 Å². The van der Waals surface area contributed by atoms with Gasteiger partial charge >= 0.3 is 0 Å². The number of rotatable bonds is 3. The van der Waals surface area contributed by atoms with Gasteiger partial charge in [0.15, 0.2) is 0 Å². The molecule has 0 saturated heterocycles. The van der Waals surface area contributed by atoms with Crippen molar-refractivity contribution in [2.75, 3.05) is 0 Å². The number of hydrogen-bond donors (Lipinski definition) is 1. The van der Waals surface area contributed by atoms with E-state index in [4.69, 9.17) is 5.73 Å². The normalized spacial score (nSPS) is 34.1. The Labute approximate surface area is 101 Å². The molecule has 0 amide bonds. The lowest BCUT2D eigenvalue weighted by Gasteiger charge is -2.44. The van der Waals surface area contributed by atoms with Crippen molar-refractivity contribution in [3.63, 3.8) is 0 Å². The lowest BCUT2D eigenvalue weighted by atomic mass is 9.63. The summed E-state index contributed by atoms with van der Waals surface area (Å²) in [5, 5.41) is 0. The zero-order valence-corrected chi connectivity index (χ0v) is 11.6. The average Bonchev–Trinajstić information content (AvgIpc) is 2.98. The second-order valence-corrected chi connectivity index (χ2v) is 7.23. The fourth-order valence-corrected chi connectivity index (χ4v) is 3.69. The van der Waals surface area contributed by atoms with Crippen LogP contribution in [0.4, 0.5) is 0 Å². The second-order valence-electron chi connectivity index (χ2n) is 7.23. The molecule has 0 spiro atoms. The van der Waals surface area contributed by atoms with Crippen molar-refractivity contribution < 1.29 is 0 Å². The first kappa shape index (κ1) is 12.4. The number of hydrogen-bond acceptors (Lipinski definition) is 1. The molecule has 2 fully saturated rings. The molecule has 1 heteroatoms. The Balaban J connectivity index is 1.94. The topological polar surface area (TPSA) is 26.0 Å². The van der Waals surface area contributed by atoms with Gasteiger partial charge in [-0.2, -0.15) is 0 Å². The predicted molar refractivity (Wildman–Crippen MR) is 70.2 cm³/mol. The van der Waals surface area contributed by atoms with Crippen LogP contribution >= 0.6 is 0 Å². The molecule has 0 heterocycles. The summed E-state index contributed by atoms with van der Waals surface area (Å²) >= 11 is 0. The average molecular weight is 223 g/mol. The lowest BCUT2D eigenvalue weighted by Crippen LogP contribution is -2.46. The van der Waals surface area contributed by atoms with Crippen LogP contribution in [0, 0.1) is 23.2 Å². The molecular formula is C15H29N. The molecular weight excluding hydrogens is 194 g/mol. The van der Waals surface area contributed by atoms with E-state index in [1.807, 2.05) is 0 Å². The Hall–Kier alpha value is -0.0400. The van der Waals surface area contributed by atoms with Gasteiger partial charge in [-0.25, -0.2) is 0 Å². The molecule has 0 unspecified atom stereocenters. The van der Waals surface area contributed by atoms with Gasteiger partial charge in [0.25, 0.3) is 0 Å². The van der Waals surface area contributed by atoms with Crippen molar-refractivity contribution in [1.82, 2.24) is 0 Å². The quantitative estimate of drug-likeness (QED) is 0.770. The zero-order valence-electron chi connectivity index (χ0n) is 11.6. The highest BCUT2D eigenvalue weighted by molar-refractivity contribution is 5.11. The molecule has 0 radical (unpaired) electrons. The van der Waals surface area contributed by atoms with E-state index in [0.29, 0.717) is 5.41 Å². The molecule has 0 aromatic rings. The van der Waals surface area contributed by atoms with Gasteiger partial charge in [-0.15, -0.1) is 0 Å². The molecule has 0 aromatic carbocycles. The summed E-state index contributed by atoms with van der Waals surface area (Å²) in [5.41, 5.74) is 7.00. The third-order valence-corrected chi connectivity index (χ3v) is 5.81. The Kier molecular flexibility index (Phi) is 3.11. The number of nitrogens with two attached hydrogens (primary N) is 1. The van der Waals surface area contributed by atoms with E-state index >= 15 is 0 Å². The van der Waals surface area contributed by atoms with Crippen LogP contribution in [0.3, 0.4) is 0 Å². The molecule has 2 saturated carbocycles. The molecule has 2 rings (SSSR count). The minimum Gasteiger partial charge on any atom is -0.325 e. The third-order valence-electron chi connectivity index (χ3n) is 5.81. The highest BCUT2D eigenvalue weighted by Crippen LogP contribution is 2.55. The first-order chi connectivity index (χ1) is 7.37. The van der Waals surface area contributed by atoms with E-state index in [9.17, 15) is 0 Å². The zero-order chi connectivity index (χ0) is 12.0. The van der Waals surface area contributed by atoms with Crippen LogP contribution in [0.5, 0.6) is 0 Å². The summed E-state index contributed by atoms with van der Waals surface area (Å²) in [6, 6.07) is 0. The molecule has 16 heavy (non-hydrogen) atoms. The summed E-state index contributed by atoms with van der Waals surface area (Å²) in [6.45, 7) is 9.59. The Morgan fingerprint density at radius 3 is 1.94 bits per heavy atom. The van der Waals surface area contributed by atoms with Crippen LogP contribution in [0.1, 0.15) is 66.2 Å². The summed E-state index contributed by atoms with van der Waals surface area (Å²) < 4.78 is 0. The van der Waals surface area contributed by atoms with Crippen molar-refractivity contribution in [2.45, 2.75) is 71.8 Å². The van der Waals surface area contributed by atoms with Crippen molar-refractivity contribution in [3.05, 3.63) is 0 Å². The Morgan fingerprint density at radius 2 is 1.56 bits per heavy atom. The lowest BCUT2D eigenvalue weighted by molar-refractivity contribution is 0.0842. The first-order valence-electron chi connectivity index (χ1n) is 7.16. The van der Waals surface area contributed by atoms with Gasteiger partial charge in [-0.05, 0) is 61.7 Å². The van der Waals surface area contributed by atoms with Crippen LogP contribution < -0.4 is 5.73 Å². The van der Waals surface area contributed by atoms with Crippen LogP contribution in [0.2, 0.25) is 0 Å². The van der Waals surface area contributed by atoms with Crippen LogP contribution in [0.25, 0.3) is 0 Å². The molecule has 0 atom stereocenters. The van der Waals surface area contributed by atoms with Gasteiger partial charge in [0, 0.05) is 5.54 Å². The molecule has 2 N–H and O–H groups in total. The summed E-state index contributed by atoms with van der Waals surface area (Å²) in [5.74, 6) is 2.71. The fraction of sp³-hybridized carbons (Fsp3) is 1.00. The maximum Gasteiger partial charge on any atom is 0.0210 e. The Bertz CT molecular complexity index is 242. The van der Waals surface area contributed by atoms with Crippen molar-refractivity contribution >= 4 is 0 Å². The van der Waals surface area contributed by atoms with Crippen molar-refractivity contribution in [1.29, 1.82) is 0 Å². The minimum absolute atomic E-state index is 0.183. The first-order valence-corrected chi connectivity index (χ1v) is 7.16. The standard InChI is InChI=1S/C15H29N/c1-11(2)12-5-7-13(8-6-12)14(3,4)15(16)9-10-15/h11-13H,5-10,16H2,1-4H3. The second kappa shape index (κ2) is 4.01. The summed E-state index contributed by atoms with van der Waals surface area (Å²) in [6.07, 6.45) is 8.20. The van der Waals surface area contributed by atoms with Gasteiger partial charge in [0.2, 0.25) is 0 Å². The summed E-state index contributed by atoms with van der Waals surface area (Å²) in [7, 11) is 0. The van der Waals surface area contributed by atoms with Gasteiger partial charge in [-0.1, -0.05) is 27.7 Å². The van der Waals surface area contributed by atoms with E-state index < -0.39 is 0 Å². The smallest absolute Gasteiger partial charge is 0.0210 e. The van der Waals surface area contributed by atoms with Crippen molar-refractivity contribution in [3.8, 4) is 0 Å². The van der Waals surface area contributed by atoms with E-state index in [0.717, 1.165) is 17.8 Å². The Morgan fingerprint density at radius 1 is 1.06 bits per heavy atom. The molecule has 0 aliphatic heterocycles. The minimum atomic E-state index is 0.183. The molecule has 2 aliphatic rings. The molecule has 1 nitrogen and oxygen atoms in total. The SMILES string of the molecule is CC(C)C1CCC(C(C)(C)C2(N)CC2)CC1. The van der Waals surface area contributed by atoms with E-state index in [2.05, 4.69) is 27.7 Å². The van der Waals surface area contributed by atoms with Crippen LogP contribution in [-0.2, 0) is 0 Å². The summed E-state index contributed by atoms with van der Waals surface area (Å²) in [4.78, 5) is 0. The van der Waals surface area contributed by atoms with Crippen molar-refractivity contribution in [2.24, 2.45) is 28.9 Å². The maximum absolute atomic E-state index is 6.45. The van der Waals surface area contributed by atoms with Gasteiger partial charge in [0.1, 0.15) is 0 Å². The third kappa shape index (κ3) is 2.03. The monoisotopic (exact) mass is 223 g/mol. The van der Waals surface area contributed by atoms with Gasteiger partial charge in [0.05, 0.1) is 0 Å². The largest absolute Gasteiger partial charge is 0.325 e. The molecule has 2 aliphatic carbocycles. The van der Waals surface area contributed by atoms with Gasteiger partial charge < -0.3 is 5.73 Å². The van der Waals surface area contributed by atoms with Crippen LogP contribution in [0.15, 0.2) is 0 Å². The molecule has 0 aromatic heterocycles. The fourth-order valence-electron chi connectivity index (χ4n) is 3.69. The molecule has 0 bridgehead atoms. The van der Waals surface area contributed by atoms with E-state index in [-0.39, 0.29) is 5.54 Å².